The van der Waals surface area contributed by atoms with E-state index >= 15 is 0 Å². The molecule has 1 aromatic heterocycles. The molecule has 0 bridgehead atoms. The monoisotopic (exact) mass is 378 g/mol. The summed E-state index contributed by atoms with van der Waals surface area (Å²) in [5, 5.41) is 0.674. The van der Waals surface area contributed by atoms with Crippen LogP contribution in [-0.4, -0.2) is 18.7 Å². The van der Waals surface area contributed by atoms with Crippen LogP contribution in [0.2, 0.25) is 0 Å². The van der Waals surface area contributed by atoms with Gasteiger partial charge in [0.2, 0.25) is 6.10 Å². The lowest BCUT2D eigenvalue weighted by Crippen LogP contribution is -2.32. The zero-order valence-electron chi connectivity index (χ0n) is 16.1. The van der Waals surface area contributed by atoms with Crippen molar-refractivity contribution >= 4 is 16.9 Å². The summed E-state index contributed by atoms with van der Waals surface area (Å²) in [5.41, 5.74) is 2.32. The van der Waals surface area contributed by atoms with Gasteiger partial charge in [0.15, 0.2) is 0 Å². The summed E-state index contributed by atoms with van der Waals surface area (Å²) in [6.45, 7) is 6.22. The Balaban J connectivity index is 1.90. The lowest BCUT2D eigenvalue weighted by Gasteiger charge is -2.18. The van der Waals surface area contributed by atoms with E-state index in [-0.39, 0.29) is 6.61 Å². The molecule has 2 unspecified atom stereocenters. The number of hydrogen-bond donors (Lipinski definition) is 0. The van der Waals surface area contributed by atoms with Crippen molar-refractivity contribution in [1.29, 1.82) is 0 Å². The summed E-state index contributed by atoms with van der Waals surface area (Å²) in [6, 6.07) is 15.1. The van der Waals surface area contributed by atoms with Gasteiger partial charge in [-0.1, -0.05) is 50.2 Å². The zero-order valence-corrected chi connectivity index (χ0v) is 16.1. The molecule has 3 aromatic rings. The molecule has 144 valence electrons. The number of hydrogen-bond acceptors (Lipinski definition) is 5. The third-order valence-corrected chi connectivity index (χ3v) is 5.14. The normalized spacial score (nSPS) is 18.1. The SMILES string of the molecule is CCOC(=O)C1Oc2c(c(=O)oc3ccccc23)C1c1ccc(C(C)C)cc1. The molecule has 1 aliphatic heterocycles. The number of rotatable bonds is 4. The van der Waals surface area contributed by atoms with Crippen LogP contribution in [0.5, 0.6) is 5.75 Å². The second-order valence-electron chi connectivity index (χ2n) is 7.22. The van der Waals surface area contributed by atoms with E-state index in [4.69, 9.17) is 13.9 Å². The highest BCUT2D eigenvalue weighted by molar-refractivity contribution is 5.88. The summed E-state index contributed by atoms with van der Waals surface area (Å²) in [7, 11) is 0. The maximum atomic E-state index is 12.8. The van der Waals surface area contributed by atoms with E-state index in [0.717, 1.165) is 5.56 Å². The van der Waals surface area contributed by atoms with Gasteiger partial charge in [0, 0.05) is 0 Å². The lowest BCUT2D eigenvalue weighted by molar-refractivity contribution is -0.151. The van der Waals surface area contributed by atoms with Gasteiger partial charge in [-0.05, 0) is 36.1 Å². The highest BCUT2D eigenvalue weighted by atomic mass is 16.6. The second kappa shape index (κ2) is 7.15. The molecule has 5 nitrogen and oxygen atoms in total. The van der Waals surface area contributed by atoms with E-state index < -0.39 is 23.6 Å². The predicted molar refractivity (Wildman–Crippen MR) is 106 cm³/mol. The Bertz CT molecular complexity index is 1080. The minimum atomic E-state index is -0.923. The molecule has 4 rings (SSSR count). The largest absolute Gasteiger partial charge is 0.476 e. The number of esters is 1. The Morgan fingerprint density at radius 1 is 1.11 bits per heavy atom. The van der Waals surface area contributed by atoms with Crippen LogP contribution >= 0.6 is 0 Å². The first-order valence-corrected chi connectivity index (χ1v) is 9.50. The van der Waals surface area contributed by atoms with E-state index in [1.807, 2.05) is 36.4 Å². The fourth-order valence-corrected chi connectivity index (χ4v) is 3.72. The third kappa shape index (κ3) is 2.97. The molecule has 0 radical (unpaired) electrons. The molecule has 28 heavy (non-hydrogen) atoms. The Kier molecular flexibility index (Phi) is 4.67. The first-order valence-electron chi connectivity index (χ1n) is 9.50. The average Bonchev–Trinajstić information content (AvgIpc) is 3.10. The fourth-order valence-electron chi connectivity index (χ4n) is 3.72. The van der Waals surface area contributed by atoms with Crippen molar-refractivity contribution in [2.75, 3.05) is 6.61 Å². The summed E-state index contributed by atoms with van der Waals surface area (Å²) in [6.07, 6.45) is -0.923. The van der Waals surface area contributed by atoms with Gasteiger partial charge < -0.3 is 13.9 Å². The highest BCUT2D eigenvalue weighted by Gasteiger charge is 2.45. The van der Waals surface area contributed by atoms with Crippen LogP contribution in [0.1, 0.15) is 49.3 Å². The highest BCUT2D eigenvalue weighted by Crippen LogP contribution is 2.44. The van der Waals surface area contributed by atoms with Crippen LogP contribution in [0.25, 0.3) is 11.0 Å². The molecule has 0 aliphatic carbocycles. The minimum absolute atomic E-state index is 0.239. The number of carbonyl (C=O) groups excluding carboxylic acids is 1. The van der Waals surface area contributed by atoms with Crippen molar-refractivity contribution in [1.82, 2.24) is 0 Å². The molecule has 0 fully saturated rings. The van der Waals surface area contributed by atoms with E-state index in [9.17, 15) is 9.59 Å². The van der Waals surface area contributed by atoms with Gasteiger partial charge in [-0.2, -0.15) is 0 Å². The molecule has 2 aromatic carbocycles. The summed E-state index contributed by atoms with van der Waals surface area (Å²) in [5.74, 6) is -0.268. The van der Waals surface area contributed by atoms with E-state index in [0.29, 0.717) is 28.2 Å². The van der Waals surface area contributed by atoms with E-state index in [1.54, 1.807) is 19.1 Å². The van der Waals surface area contributed by atoms with Gasteiger partial charge >= 0.3 is 11.6 Å². The molecule has 1 aliphatic rings. The number of ether oxygens (including phenoxy) is 2. The predicted octanol–water partition coefficient (Wildman–Crippen LogP) is 4.37. The van der Waals surface area contributed by atoms with E-state index in [1.165, 1.54) is 5.56 Å². The van der Waals surface area contributed by atoms with Gasteiger partial charge in [0.05, 0.1) is 23.5 Å². The Labute approximate surface area is 162 Å². The Morgan fingerprint density at radius 3 is 2.50 bits per heavy atom. The molecule has 0 amide bonds. The van der Waals surface area contributed by atoms with Crippen LogP contribution in [0, 0.1) is 0 Å². The van der Waals surface area contributed by atoms with Crippen molar-refractivity contribution in [2.24, 2.45) is 0 Å². The number of fused-ring (bicyclic) bond motifs is 3. The fraction of sp³-hybridized carbons (Fsp3) is 0.304. The van der Waals surface area contributed by atoms with Crippen molar-refractivity contribution in [3.63, 3.8) is 0 Å². The molecule has 0 N–H and O–H groups in total. The molecular formula is C23H22O5. The molecule has 2 heterocycles. The van der Waals surface area contributed by atoms with E-state index in [2.05, 4.69) is 13.8 Å². The standard InChI is InChI=1S/C23H22O5/c1-4-26-23(25)21-18(15-11-9-14(10-12-15)13(2)3)19-20(28-21)16-7-5-6-8-17(16)27-22(19)24/h5-13,18,21H,4H2,1-3H3. The van der Waals surface area contributed by atoms with Gasteiger partial charge in [0.1, 0.15) is 11.3 Å². The van der Waals surface area contributed by atoms with Gasteiger partial charge in [-0.15, -0.1) is 0 Å². The van der Waals surface area contributed by atoms with Crippen molar-refractivity contribution in [3.05, 3.63) is 75.6 Å². The molecule has 5 heteroatoms. The van der Waals surface area contributed by atoms with Crippen molar-refractivity contribution < 1.29 is 18.7 Å². The first-order chi connectivity index (χ1) is 13.5. The van der Waals surface area contributed by atoms with Crippen LogP contribution in [0.3, 0.4) is 0 Å². The topological polar surface area (TPSA) is 65.7 Å². The number of benzene rings is 2. The van der Waals surface area contributed by atoms with Crippen LogP contribution in [0.15, 0.2) is 57.7 Å². The van der Waals surface area contributed by atoms with Crippen LogP contribution in [0.4, 0.5) is 0 Å². The quantitative estimate of drug-likeness (QED) is 0.498. The summed E-state index contributed by atoms with van der Waals surface area (Å²) in [4.78, 5) is 25.5. The van der Waals surface area contributed by atoms with Gasteiger partial charge in [-0.25, -0.2) is 9.59 Å². The smallest absolute Gasteiger partial charge is 0.348 e. The Hall–Kier alpha value is -3.08. The maximum absolute atomic E-state index is 12.8. The minimum Gasteiger partial charge on any atom is -0.476 e. The molecular weight excluding hydrogens is 356 g/mol. The van der Waals surface area contributed by atoms with Crippen molar-refractivity contribution in [3.8, 4) is 5.75 Å². The summed E-state index contributed by atoms with van der Waals surface area (Å²) < 4.78 is 16.8. The van der Waals surface area contributed by atoms with Gasteiger partial charge in [0.25, 0.3) is 0 Å². The van der Waals surface area contributed by atoms with Crippen molar-refractivity contribution in [2.45, 2.75) is 38.7 Å². The average molecular weight is 378 g/mol. The number of carbonyl (C=O) groups is 1. The maximum Gasteiger partial charge on any atom is 0.348 e. The Morgan fingerprint density at radius 2 is 1.82 bits per heavy atom. The second-order valence-corrected chi connectivity index (χ2v) is 7.22. The number of para-hydroxylation sites is 1. The zero-order chi connectivity index (χ0) is 19.8. The summed E-state index contributed by atoms with van der Waals surface area (Å²) >= 11 is 0. The molecule has 2 atom stereocenters. The molecule has 0 spiro atoms. The molecule has 0 saturated heterocycles. The van der Waals surface area contributed by atoms with Crippen LogP contribution < -0.4 is 10.4 Å². The lowest BCUT2D eigenvalue weighted by atomic mass is 9.87. The molecule has 0 saturated carbocycles. The van der Waals surface area contributed by atoms with Gasteiger partial charge in [-0.3, -0.25) is 0 Å². The first kappa shape index (κ1) is 18.3. The van der Waals surface area contributed by atoms with Crippen LogP contribution in [-0.2, 0) is 9.53 Å². The third-order valence-electron chi connectivity index (χ3n) is 5.14.